The Morgan fingerprint density at radius 1 is 1.15 bits per heavy atom. The van der Waals surface area contributed by atoms with Gasteiger partial charge in [-0.1, -0.05) is 0 Å². The van der Waals surface area contributed by atoms with Crippen molar-refractivity contribution in [3.63, 3.8) is 0 Å². The highest BCUT2D eigenvalue weighted by molar-refractivity contribution is 5.00. The normalized spacial score (nSPS) is 18.7. The summed E-state index contributed by atoms with van der Waals surface area (Å²) in [6.45, 7) is 0. The molecule has 0 N–H and O–H groups in total. The van der Waals surface area contributed by atoms with E-state index in [0.29, 0.717) is 12.8 Å². The average Bonchev–Trinajstić information content (AvgIpc) is 2.35. The maximum atomic E-state index is 12.2. The van der Waals surface area contributed by atoms with Crippen LogP contribution in [0.15, 0.2) is 11.8 Å². The fraction of sp³-hybridized carbons (Fsp3) is 0.714. The van der Waals surface area contributed by atoms with Gasteiger partial charge in [0.1, 0.15) is 0 Å². The van der Waals surface area contributed by atoms with Gasteiger partial charge in [-0.05, 0) is 18.9 Å². The van der Waals surface area contributed by atoms with E-state index < -0.39 is 12.3 Å². The van der Waals surface area contributed by atoms with Crippen molar-refractivity contribution in [3.8, 4) is 0 Å². The number of halogens is 5. The molecule has 1 aliphatic carbocycles. The van der Waals surface area contributed by atoms with E-state index in [2.05, 4.69) is 4.74 Å². The lowest BCUT2D eigenvalue weighted by Crippen LogP contribution is -2.38. The van der Waals surface area contributed by atoms with Crippen molar-refractivity contribution in [1.29, 1.82) is 0 Å². The van der Waals surface area contributed by atoms with Gasteiger partial charge in [0.05, 0.1) is 5.76 Å². The Bertz CT molecular complexity index is 217. The first-order valence-corrected chi connectivity index (χ1v) is 3.65. The van der Waals surface area contributed by atoms with Gasteiger partial charge in [0.2, 0.25) is 0 Å². The van der Waals surface area contributed by atoms with Crippen molar-refractivity contribution in [2.24, 2.45) is 0 Å². The summed E-state index contributed by atoms with van der Waals surface area (Å²) in [6, 6.07) is 0. The van der Waals surface area contributed by atoms with E-state index in [9.17, 15) is 22.0 Å². The van der Waals surface area contributed by atoms with Gasteiger partial charge in [0, 0.05) is 6.42 Å². The number of rotatable bonds is 2. The zero-order valence-electron chi connectivity index (χ0n) is 6.50. The van der Waals surface area contributed by atoms with Crippen molar-refractivity contribution < 1.29 is 26.7 Å². The molecule has 0 bridgehead atoms. The summed E-state index contributed by atoms with van der Waals surface area (Å²) in [7, 11) is 0. The minimum absolute atomic E-state index is 0.145. The fourth-order valence-electron chi connectivity index (χ4n) is 0.957. The van der Waals surface area contributed by atoms with Crippen molar-refractivity contribution in [3.05, 3.63) is 11.8 Å². The molecule has 0 aromatic rings. The Balaban J connectivity index is 2.61. The van der Waals surface area contributed by atoms with Crippen molar-refractivity contribution in [2.75, 3.05) is 0 Å². The summed E-state index contributed by atoms with van der Waals surface area (Å²) in [5.41, 5.74) is 0. The molecule has 1 nitrogen and oxygen atoms in total. The van der Waals surface area contributed by atoms with Gasteiger partial charge in [-0.2, -0.15) is 22.0 Å². The number of hydrogen-bond donors (Lipinski definition) is 0. The fourth-order valence-corrected chi connectivity index (χ4v) is 0.957. The van der Waals surface area contributed by atoms with Gasteiger partial charge in [0.15, 0.2) is 0 Å². The summed E-state index contributed by atoms with van der Waals surface area (Å²) in [6.07, 6.45) is -8.27. The van der Waals surface area contributed by atoms with E-state index in [4.69, 9.17) is 0 Å². The summed E-state index contributed by atoms with van der Waals surface area (Å²) in [5.74, 6) is -0.276. The quantitative estimate of drug-likeness (QED) is 0.624. The molecular formula is C7H7F5O. The second kappa shape index (κ2) is 3.16. The first-order chi connectivity index (χ1) is 5.83. The molecule has 13 heavy (non-hydrogen) atoms. The van der Waals surface area contributed by atoms with Gasteiger partial charge in [-0.25, -0.2) is 0 Å². The summed E-state index contributed by atoms with van der Waals surface area (Å²) in [4.78, 5) is 0. The molecule has 0 saturated heterocycles. The molecule has 0 spiro atoms. The van der Waals surface area contributed by atoms with Gasteiger partial charge in [0.25, 0.3) is 0 Å². The van der Waals surface area contributed by atoms with E-state index >= 15 is 0 Å². The smallest absolute Gasteiger partial charge is 0.431 e. The van der Waals surface area contributed by atoms with Crippen LogP contribution in [-0.2, 0) is 4.74 Å². The molecule has 0 amide bonds. The summed E-state index contributed by atoms with van der Waals surface area (Å²) < 4.78 is 62.7. The molecule has 1 rings (SSSR count). The second-order valence-corrected chi connectivity index (χ2v) is 2.68. The van der Waals surface area contributed by atoms with Gasteiger partial charge in [-0.3, -0.25) is 0 Å². The van der Waals surface area contributed by atoms with Crippen molar-refractivity contribution in [1.82, 2.24) is 0 Å². The highest BCUT2D eigenvalue weighted by Gasteiger charge is 2.61. The Morgan fingerprint density at radius 3 is 2.15 bits per heavy atom. The topological polar surface area (TPSA) is 9.23 Å². The molecule has 0 unspecified atom stereocenters. The third-order valence-corrected chi connectivity index (χ3v) is 1.59. The largest absolute Gasteiger partial charge is 0.498 e. The van der Waals surface area contributed by atoms with Crippen molar-refractivity contribution >= 4 is 0 Å². The molecule has 0 aromatic carbocycles. The SMILES string of the molecule is FC(F)(F)C(F)(F)OC1=CCCC1. The van der Waals surface area contributed by atoms with Crippen LogP contribution in [0.5, 0.6) is 0 Å². The summed E-state index contributed by atoms with van der Waals surface area (Å²) >= 11 is 0. The Morgan fingerprint density at radius 2 is 1.77 bits per heavy atom. The van der Waals surface area contributed by atoms with Crippen molar-refractivity contribution in [2.45, 2.75) is 31.5 Å². The lowest BCUT2D eigenvalue weighted by atomic mass is 10.4. The third-order valence-electron chi connectivity index (χ3n) is 1.59. The van der Waals surface area contributed by atoms with Crippen LogP contribution in [0.25, 0.3) is 0 Å². The first-order valence-electron chi connectivity index (χ1n) is 3.65. The van der Waals surface area contributed by atoms with Crippen LogP contribution in [0.2, 0.25) is 0 Å². The van der Waals surface area contributed by atoms with Gasteiger partial charge >= 0.3 is 12.3 Å². The van der Waals surface area contributed by atoms with E-state index in [1.54, 1.807) is 0 Å². The number of hydrogen-bond acceptors (Lipinski definition) is 1. The monoisotopic (exact) mass is 202 g/mol. The third kappa shape index (κ3) is 2.32. The van der Waals surface area contributed by atoms with Crippen LogP contribution < -0.4 is 0 Å². The number of allylic oxidation sites excluding steroid dienone is 2. The number of ether oxygens (including phenoxy) is 1. The molecule has 0 radical (unpaired) electrons. The summed E-state index contributed by atoms with van der Waals surface area (Å²) in [5, 5.41) is 0. The van der Waals surface area contributed by atoms with E-state index in [-0.39, 0.29) is 12.2 Å². The molecule has 0 saturated carbocycles. The molecule has 0 fully saturated rings. The molecule has 0 aliphatic heterocycles. The zero-order chi connectivity index (χ0) is 10.1. The van der Waals surface area contributed by atoms with Gasteiger partial charge < -0.3 is 4.74 Å². The second-order valence-electron chi connectivity index (χ2n) is 2.68. The van der Waals surface area contributed by atoms with Crippen LogP contribution in [-0.4, -0.2) is 12.3 Å². The van der Waals surface area contributed by atoms with Crippen LogP contribution in [0.1, 0.15) is 19.3 Å². The van der Waals surface area contributed by atoms with E-state index in [0.717, 1.165) is 0 Å². The zero-order valence-corrected chi connectivity index (χ0v) is 6.50. The molecule has 76 valence electrons. The first kappa shape index (κ1) is 10.3. The maximum absolute atomic E-state index is 12.2. The number of alkyl halides is 5. The van der Waals surface area contributed by atoms with Crippen LogP contribution in [0, 0.1) is 0 Å². The average molecular weight is 202 g/mol. The molecule has 0 atom stereocenters. The van der Waals surface area contributed by atoms with Crippen LogP contribution >= 0.6 is 0 Å². The molecule has 1 aliphatic rings. The van der Waals surface area contributed by atoms with Crippen LogP contribution in [0.3, 0.4) is 0 Å². The lowest BCUT2D eigenvalue weighted by Gasteiger charge is -2.20. The Hall–Kier alpha value is -0.810. The molecule has 0 aromatic heterocycles. The molecule has 6 heteroatoms. The lowest BCUT2D eigenvalue weighted by molar-refractivity contribution is -0.379. The Labute approximate surface area is 71.2 Å². The molecular weight excluding hydrogens is 195 g/mol. The minimum Gasteiger partial charge on any atom is -0.431 e. The Kier molecular flexibility index (Phi) is 2.49. The predicted octanol–water partition coefficient (Wildman–Crippen LogP) is 3.23. The maximum Gasteiger partial charge on any atom is 0.498 e. The van der Waals surface area contributed by atoms with E-state index in [1.807, 2.05) is 0 Å². The minimum atomic E-state index is -5.64. The highest BCUT2D eigenvalue weighted by atomic mass is 19.4. The predicted molar refractivity (Wildman–Crippen MR) is 34.0 cm³/mol. The van der Waals surface area contributed by atoms with Crippen LogP contribution in [0.4, 0.5) is 22.0 Å². The van der Waals surface area contributed by atoms with E-state index in [1.165, 1.54) is 6.08 Å². The van der Waals surface area contributed by atoms with Gasteiger partial charge in [-0.15, -0.1) is 0 Å². The highest BCUT2D eigenvalue weighted by Crippen LogP contribution is 2.39. The standard InChI is InChI=1S/C7H7F5O/c8-6(9,10)7(11,12)13-5-3-1-2-4-5/h3H,1-2,4H2. The molecule has 0 heterocycles.